The van der Waals surface area contributed by atoms with Crippen LogP contribution in [-0.2, 0) is 6.42 Å². The van der Waals surface area contributed by atoms with E-state index in [1.807, 2.05) is 12.1 Å². The van der Waals surface area contributed by atoms with E-state index in [-0.39, 0.29) is 6.04 Å². The van der Waals surface area contributed by atoms with Crippen LogP contribution in [0.25, 0.3) is 0 Å². The zero-order chi connectivity index (χ0) is 13.1. The summed E-state index contributed by atoms with van der Waals surface area (Å²) in [5.74, 6) is 2.34. The summed E-state index contributed by atoms with van der Waals surface area (Å²) in [6.45, 7) is 4.72. The first-order valence-corrected chi connectivity index (χ1v) is 7.42. The lowest BCUT2D eigenvalue weighted by Crippen LogP contribution is -2.37. The van der Waals surface area contributed by atoms with Gasteiger partial charge in [0, 0.05) is 11.1 Å². The monoisotopic (exact) mass is 265 g/mol. The van der Waals surface area contributed by atoms with Gasteiger partial charge in [-0.2, -0.15) is 0 Å². The summed E-state index contributed by atoms with van der Waals surface area (Å²) in [5.41, 5.74) is 7.71. The molecule has 2 rings (SSSR count). The van der Waals surface area contributed by atoms with E-state index in [0.717, 1.165) is 23.3 Å². The van der Waals surface area contributed by atoms with Crippen LogP contribution in [0, 0.1) is 17.8 Å². The third-order valence-corrected chi connectivity index (χ3v) is 4.46. The summed E-state index contributed by atoms with van der Waals surface area (Å²) in [6, 6.07) is 8.39. The van der Waals surface area contributed by atoms with Crippen LogP contribution >= 0.6 is 11.6 Å². The first-order valence-electron chi connectivity index (χ1n) is 7.04. The van der Waals surface area contributed by atoms with Crippen LogP contribution in [0.2, 0.25) is 5.02 Å². The largest absolute Gasteiger partial charge is 0.327 e. The molecule has 0 heterocycles. The minimum absolute atomic E-state index is 0.288. The van der Waals surface area contributed by atoms with Crippen LogP contribution in [0.3, 0.4) is 0 Å². The summed E-state index contributed by atoms with van der Waals surface area (Å²) < 4.78 is 0. The molecule has 100 valence electrons. The molecule has 1 aromatic rings. The van der Waals surface area contributed by atoms with Gasteiger partial charge in [0.25, 0.3) is 0 Å². The van der Waals surface area contributed by atoms with Crippen molar-refractivity contribution in [3.05, 3.63) is 34.9 Å². The Morgan fingerprint density at radius 2 is 1.67 bits per heavy atom. The van der Waals surface area contributed by atoms with Gasteiger partial charge in [0.15, 0.2) is 0 Å². The third-order valence-electron chi connectivity index (χ3n) is 4.21. The smallest absolute Gasteiger partial charge is 0.0406 e. The summed E-state index contributed by atoms with van der Waals surface area (Å²) in [7, 11) is 0. The van der Waals surface area contributed by atoms with Gasteiger partial charge < -0.3 is 5.73 Å². The molecule has 2 heteroatoms. The molecule has 0 radical (unpaired) electrons. The molecule has 0 saturated heterocycles. The minimum atomic E-state index is 0.288. The van der Waals surface area contributed by atoms with Crippen molar-refractivity contribution in [2.45, 2.75) is 45.6 Å². The van der Waals surface area contributed by atoms with Gasteiger partial charge in [0.2, 0.25) is 0 Å². The van der Waals surface area contributed by atoms with Gasteiger partial charge in [-0.05, 0) is 61.1 Å². The Morgan fingerprint density at radius 1 is 1.11 bits per heavy atom. The van der Waals surface area contributed by atoms with Gasteiger partial charge in [-0.25, -0.2) is 0 Å². The quantitative estimate of drug-likeness (QED) is 0.867. The Bertz CT molecular complexity index is 363. The molecule has 1 aromatic carbocycles. The van der Waals surface area contributed by atoms with Crippen LogP contribution < -0.4 is 5.73 Å². The Labute approximate surface area is 116 Å². The molecule has 1 fully saturated rings. The van der Waals surface area contributed by atoms with Crippen molar-refractivity contribution in [2.24, 2.45) is 23.5 Å². The predicted octanol–water partition coefficient (Wildman–Crippen LogP) is 4.28. The molecule has 0 amide bonds. The van der Waals surface area contributed by atoms with Crippen LogP contribution in [0.4, 0.5) is 0 Å². The van der Waals surface area contributed by atoms with Gasteiger partial charge in [0.1, 0.15) is 0 Å². The molecule has 1 saturated carbocycles. The minimum Gasteiger partial charge on any atom is -0.327 e. The summed E-state index contributed by atoms with van der Waals surface area (Å²) in [4.78, 5) is 0. The lowest BCUT2D eigenvalue weighted by molar-refractivity contribution is 0.192. The number of nitrogens with two attached hydrogens (primary N) is 1. The Balaban J connectivity index is 1.94. The molecule has 1 aliphatic carbocycles. The van der Waals surface area contributed by atoms with E-state index in [1.165, 1.54) is 24.8 Å². The predicted molar refractivity (Wildman–Crippen MR) is 78.8 cm³/mol. The summed E-state index contributed by atoms with van der Waals surface area (Å²) >= 11 is 5.90. The average Bonchev–Trinajstić information content (AvgIpc) is 2.31. The molecule has 0 bridgehead atoms. The number of benzene rings is 1. The fraction of sp³-hybridized carbons (Fsp3) is 0.625. The number of rotatable bonds is 3. The van der Waals surface area contributed by atoms with Crippen molar-refractivity contribution < 1.29 is 0 Å². The highest BCUT2D eigenvalue weighted by Crippen LogP contribution is 2.34. The lowest BCUT2D eigenvalue weighted by Gasteiger charge is -2.35. The second kappa shape index (κ2) is 6.08. The first kappa shape index (κ1) is 13.9. The topological polar surface area (TPSA) is 26.0 Å². The van der Waals surface area contributed by atoms with Crippen LogP contribution in [0.1, 0.15) is 38.7 Å². The van der Waals surface area contributed by atoms with Crippen LogP contribution in [0.5, 0.6) is 0 Å². The van der Waals surface area contributed by atoms with Gasteiger partial charge in [0.05, 0.1) is 0 Å². The molecule has 0 spiro atoms. The van der Waals surface area contributed by atoms with Gasteiger partial charge in [-0.3, -0.25) is 0 Å². The highest BCUT2D eigenvalue weighted by molar-refractivity contribution is 6.30. The molecule has 1 nitrogen and oxygen atoms in total. The molecule has 1 aliphatic rings. The Morgan fingerprint density at radius 3 is 2.22 bits per heavy atom. The number of hydrogen-bond donors (Lipinski definition) is 1. The first-order chi connectivity index (χ1) is 8.54. The van der Waals surface area contributed by atoms with Crippen molar-refractivity contribution in [3.8, 4) is 0 Å². The normalized spacial score (nSPS) is 30.1. The molecule has 3 unspecified atom stereocenters. The van der Waals surface area contributed by atoms with Gasteiger partial charge in [-0.1, -0.05) is 37.6 Å². The number of hydrogen-bond acceptors (Lipinski definition) is 1. The van der Waals surface area contributed by atoms with E-state index in [2.05, 4.69) is 26.0 Å². The van der Waals surface area contributed by atoms with E-state index in [0.29, 0.717) is 5.92 Å². The third kappa shape index (κ3) is 3.73. The van der Waals surface area contributed by atoms with Crippen LogP contribution in [-0.4, -0.2) is 6.04 Å². The van der Waals surface area contributed by atoms with Crippen molar-refractivity contribution in [2.75, 3.05) is 0 Å². The van der Waals surface area contributed by atoms with Gasteiger partial charge >= 0.3 is 0 Å². The highest BCUT2D eigenvalue weighted by atomic mass is 35.5. The number of halogens is 1. The second-order valence-electron chi connectivity index (χ2n) is 6.17. The molecule has 3 atom stereocenters. The fourth-order valence-electron chi connectivity index (χ4n) is 3.42. The Hall–Kier alpha value is -0.530. The standard InChI is InChI=1S/C16H24ClN/c1-11-7-12(2)9-14(8-11)16(18)10-13-3-5-15(17)6-4-13/h3-6,11-12,14,16H,7-10,18H2,1-2H3. The average molecular weight is 266 g/mol. The fourth-order valence-corrected chi connectivity index (χ4v) is 3.54. The molecule has 18 heavy (non-hydrogen) atoms. The van der Waals surface area contributed by atoms with Crippen molar-refractivity contribution in [1.29, 1.82) is 0 Å². The SMILES string of the molecule is CC1CC(C)CC(C(N)Cc2ccc(Cl)cc2)C1. The van der Waals surface area contributed by atoms with E-state index in [4.69, 9.17) is 17.3 Å². The maximum absolute atomic E-state index is 6.41. The molecule has 2 N–H and O–H groups in total. The zero-order valence-corrected chi connectivity index (χ0v) is 12.2. The van der Waals surface area contributed by atoms with E-state index in [9.17, 15) is 0 Å². The van der Waals surface area contributed by atoms with Crippen LogP contribution in [0.15, 0.2) is 24.3 Å². The molecule has 0 aliphatic heterocycles. The van der Waals surface area contributed by atoms with E-state index < -0.39 is 0 Å². The van der Waals surface area contributed by atoms with Gasteiger partial charge in [-0.15, -0.1) is 0 Å². The van der Waals surface area contributed by atoms with Crippen molar-refractivity contribution in [1.82, 2.24) is 0 Å². The van der Waals surface area contributed by atoms with E-state index in [1.54, 1.807) is 0 Å². The second-order valence-corrected chi connectivity index (χ2v) is 6.61. The summed E-state index contributed by atoms with van der Waals surface area (Å²) in [6.07, 6.45) is 4.92. The maximum Gasteiger partial charge on any atom is 0.0406 e. The molecule has 0 aromatic heterocycles. The molecular formula is C16H24ClN. The van der Waals surface area contributed by atoms with E-state index >= 15 is 0 Å². The zero-order valence-electron chi connectivity index (χ0n) is 11.4. The van der Waals surface area contributed by atoms with Crippen molar-refractivity contribution >= 4 is 11.6 Å². The highest BCUT2D eigenvalue weighted by Gasteiger charge is 2.28. The lowest BCUT2D eigenvalue weighted by atomic mass is 9.73. The van der Waals surface area contributed by atoms with Crippen molar-refractivity contribution in [3.63, 3.8) is 0 Å². The maximum atomic E-state index is 6.41. The summed E-state index contributed by atoms with van der Waals surface area (Å²) in [5, 5.41) is 0.798. The Kier molecular flexibility index (Phi) is 4.69. The molecular weight excluding hydrogens is 242 g/mol.